The molecule has 4 atom stereocenters. The molecule has 0 aromatic rings. The maximum Gasteiger partial charge on any atom is 0.108 e. The van der Waals surface area contributed by atoms with Gasteiger partial charge in [0.2, 0.25) is 0 Å². The molecule has 0 unspecified atom stereocenters. The van der Waals surface area contributed by atoms with Crippen molar-refractivity contribution in [2.75, 3.05) is 0 Å². The molecule has 0 aromatic heterocycles. The van der Waals surface area contributed by atoms with Gasteiger partial charge in [0, 0.05) is 0 Å². The highest BCUT2D eigenvalue weighted by Gasteiger charge is 2.24. The highest BCUT2D eigenvalue weighted by molar-refractivity contribution is 4.75. The highest BCUT2D eigenvalue weighted by atomic mass is 16.4. The molecule has 0 rings (SSSR count). The van der Waals surface area contributed by atoms with Gasteiger partial charge < -0.3 is 20.4 Å². The van der Waals surface area contributed by atoms with Crippen molar-refractivity contribution in [2.24, 2.45) is 0 Å². The van der Waals surface area contributed by atoms with Crippen LogP contribution in [0.15, 0.2) is 0 Å². The molecule has 0 amide bonds. The predicted octanol–water partition coefficient (Wildman–Crippen LogP) is -1.53. The first kappa shape index (κ1) is 9.84. The molecule has 0 heterocycles. The van der Waals surface area contributed by atoms with Gasteiger partial charge in [0.1, 0.15) is 12.2 Å². The molecular weight excluding hydrogens is 136 g/mol. The summed E-state index contributed by atoms with van der Waals surface area (Å²) in [4.78, 5) is 0. The van der Waals surface area contributed by atoms with Gasteiger partial charge in [-0.15, -0.1) is 0 Å². The summed E-state index contributed by atoms with van der Waals surface area (Å²) in [6.45, 7) is 2.69. The first-order valence-electron chi connectivity index (χ1n) is 3.19. The van der Waals surface area contributed by atoms with Crippen LogP contribution in [0, 0.1) is 0 Å². The Morgan fingerprint density at radius 1 is 0.700 bits per heavy atom. The van der Waals surface area contributed by atoms with E-state index in [-0.39, 0.29) is 0 Å². The van der Waals surface area contributed by atoms with Crippen LogP contribution in [-0.4, -0.2) is 44.8 Å². The molecule has 0 radical (unpaired) electrons. The van der Waals surface area contributed by atoms with Gasteiger partial charge >= 0.3 is 0 Å². The SMILES string of the molecule is C[C@H](O)[C@H](O)[C@@H](O)[C@@H](C)O. The maximum atomic E-state index is 8.91. The topological polar surface area (TPSA) is 80.9 Å². The summed E-state index contributed by atoms with van der Waals surface area (Å²) >= 11 is 0. The van der Waals surface area contributed by atoms with Crippen LogP contribution >= 0.6 is 0 Å². The van der Waals surface area contributed by atoms with Gasteiger partial charge in [-0.25, -0.2) is 0 Å². The molecule has 0 aromatic carbocycles. The zero-order valence-electron chi connectivity index (χ0n) is 6.10. The van der Waals surface area contributed by atoms with Crippen LogP contribution in [0.1, 0.15) is 13.8 Å². The lowest BCUT2D eigenvalue weighted by atomic mass is 10.1. The van der Waals surface area contributed by atoms with Crippen molar-refractivity contribution in [1.82, 2.24) is 0 Å². The number of aliphatic hydroxyl groups excluding tert-OH is 4. The molecule has 4 nitrogen and oxygen atoms in total. The van der Waals surface area contributed by atoms with Crippen LogP contribution < -0.4 is 0 Å². The Balaban J connectivity index is 3.81. The van der Waals surface area contributed by atoms with Crippen molar-refractivity contribution in [3.8, 4) is 0 Å². The lowest BCUT2D eigenvalue weighted by Crippen LogP contribution is -2.41. The molecule has 0 saturated heterocycles. The Bertz CT molecular complexity index is 79.7. The predicted molar refractivity (Wildman–Crippen MR) is 35.4 cm³/mol. The molecule has 4 heteroatoms. The van der Waals surface area contributed by atoms with Crippen molar-refractivity contribution in [2.45, 2.75) is 38.3 Å². The minimum absolute atomic E-state index is 1.02. The van der Waals surface area contributed by atoms with E-state index in [2.05, 4.69) is 0 Å². The van der Waals surface area contributed by atoms with Crippen molar-refractivity contribution >= 4 is 0 Å². The summed E-state index contributed by atoms with van der Waals surface area (Å²) < 4.78 is 0. The molecule has 0 bridgehead atoms. The van der Waals surface area contributed by atoms with Gasteiger partial charge in [0.15, 0.2) is 0 Å². The summed E-state index contributed by atoms with van der Waals surface area (Å²) in [6.07, 6.45) is -4.60. The third kappa shape index (κ3) is 2.62. The second-order valence-electron chi connectivity index (χ2n) is 2.46. The van der Waals surface area contributed by atoms with E-state index in [0.29, 0.717) is 0 Å². The molecule has 0 fully saturated rings. The minimum Gasteiger partial charge on any atom is -0.391 e. The number of rotatable bonds is 3. The number of hydrogen-bond acceptors (Lipinski definition) is 4. The Kier molecular flexibility index (Phi) is 3.81. The van der Waals surface area contributed by atoms with Crippen LogP contribution in [0.4, 0.5) is 0 Å². The Labute approximate surface area is 59.7 Å². The monoisotopic (exact) mass is 150 g/mol. The van der Waals surface area contributed by atoms with Gasteiger partial charge in [0.05, 0.1) is 12.2 Å². The Morgan fingerprint density at radius 2 is 0.900 bits per heavy atom. The average molecular weight is 150 g/mol. The second kappa shape index (κ2) is 3.88. The molecule has 0 aliphatic heterocycles. The molecular formula is C6H14O4. The fourth-order valence-electron chi connectivity index (χ4n) is 0.571. The second-order valence-corrected chi connectivity index (χ2v) is 2.46. The first-order chi connectivity index (χ1) is 4.46. The third-order valence-electron chi connectivity index (χ3n) is 1.34. The van der Waals surface area contributed by atoms with Gasteiger partial charge in [0.25, 0.3) is 0 Å². The summed E-state index contributed by atoms with van der Waals surface area (Å²) in [5.41, 5.74) is 0. The van der Waals surface area contributed by atoms with Crippen molar-refractivity contribution in [3.63, 3.8) is 0 Å². The van der Waals surface area contributed by atoms with Crippen LogP contribution in [0.3, 0.4) is 0 Å². The summed E-state index contributed by atoms with van der Waals surface area (Å²) in [7, 11) is 0. The lowest BCUT2D eigenvalue weighted by Gasteiger charge is -2.21. The third-order valence-corrected chi connectivity index (χ3v) is 1.34. The molecule has 62 valence electrons. The van der Waals surface area contributed by atoms with Gasteiger partial charge in [-0.1, -0.05) is 0 Å². The van der Waals surface area contributed by atoms with Crippen LogP contribution in [0.2, 0.25) is 0 Å². The Morgan fingerprint density at radius 3 is 1.00 bits per heavy atom. The van der Waals surface area contributed by atoms with Crippen LogP contribution in [0.25, 0.3) is 0 Å². The summed E-state index contributed by atoms with van der Waals surface area (Å²) in [5, 5.41) is 35.2. The lowest BCUT2D eigenvalue weighted by molar-refractivity contribution is -0.0947. The van der Waals surface area contributed by atoms with E-state index in [1.54, 1.807) is 0 Å². The number of hydrogen-bond donors (Lipinski definition) is 4. The van der Waals surface area contributed by atoms with Crippen LogP contribution in [-0.2, 0) is 0 Å². The summed E-state index contributed by atoms with van der Waals surface area (Å²) in [6, 6.07) is 0. The molecule has 0 saturated carbocycles. The van der Waals surface area contributed by atoms with Crippen LogP contribution in [0.5, 0.6) is 0 Å². The molecule has 10 heavy (non-hydrogen) atoms. The normalized spacial score (nSPS) is 23.4. The van der Waals surface area contributed by atoms with E-state index in [0.717, 1.165) is 0 Å². The standard InChI is InChI=1S/C6H14O4/c1-3(7)5(9)6(10)4(2)8/h3-10H,1-2H3/t3-,4+,5-,6-/m0/s1. The fourth-order valence-corrected chi connectivity index (χ4v) is 0.571. The highest BCUT2D eigenvalue weighted by Crippen LogP contribution is 2.03. The largest absolute Gasteiger partial charge is 0.391 e. The molecule has 0 aliphatic rings. The van der Waals surface area contributed by atoms with Crippen molar-refractivity contribution in [1.29, 1.82) is 0 Å². The molecule has 0 spiro atoms. The first-order valence-corrected chi connectivity index (χ1v) is 3.19. The summed E-state index contributed by atoms with van der Waals surface area (Å²) in [5.74, 6) is 0. The van der Waals surface area contributed by atoms with E-state index in [1.165, 1.54) is 13.8 Å². The molecule has 0 aliphatic carbocycles. The molecule has 4 N–H and O–H groups in total. The van der Waals surface area contributed by atoms with Gasteiger partial charge in [-0.3, -0.25) is 0 Å². The van der Waals surface area contributed by atoms with Gasteiger partial charge in [-0.05, 0) is 13.8 Å². The zero-order valence-corrected chi connectivity index (χ0v) is 6.10. The van der Waals surface area contributed by atoms with E-state index in [4.69, 9.17) is 20.4 Å². The minimum atomic E-state index is -1.28. The van der Waals surface area contributed by atoms with E-state index >= 15 is 0 Å². The fraction of sp³-hybridized carbons (Fsp3) is 1.00. The Hall–Kier alpha value is -0.160. The average Bonchev–Trinajstić information content (AvgIpc) is 1.84. The van der Waals surface area contributed by atoms with Crippen molar-refractivity contribution in [3.05, 3.63) is 0 Å². The van der Waals surface area contributed by atoms with Crippen molar-refractivity contribution < 1.29 is 20.4 Å². The smallest absolute Gasteiger partial charge is 0.108 e. The maximum absolute atomic E-state index is 8.91. The number of aliphatic hydroxyl groups is 4. The quantitative estimate of drug-likeness (QED) is 0.393. The van der Waals surface area contributed by atoms with E-state index < -0.39 is 24.4 Å². The van der Waals surface area contributed by atoms with E-state index in [9.17, 15) is 0 Å². The van der Waals surface area contributed by atoms with Gasteiger partial charge in [-0.2, -0.15) is 0 Å². The zero-order chi connectivity index (χ0) is 8.31. The van der Waals surface area contributed by atoms with E-state index in [1.807, 2.05) is 0 Å².